The van der Waals surface area contributed by atoms with Gasteiger partial charge in [0.2, 0.25) is 0 Å². The summed E-state index contributed by atoms with van der Waals surface area (Å²) in [7, 11) is 0. The zero-order valence-electron chi connectivity index (χ0n) is 5.01. The fraction of sp³-hybridized carbons (Fsp3) is 0.500. The number of hydrogen-bond donors (Lipinski definition) is 0. The van der Waals surface area contributed by atoms with Gasteiger partial charge in [-0.25, -0.2) is 0 Å². The maximum Gasteiger partial charge on any atom is 0.136 e. The van der Waals surface area contributed by atoms with Crippen molar-refractivity contribution in [1.29, 1.82) is 0 Å². The SMILES string of the molecule is ClCCCc1ccno1. The quantitative estimate of drug-likeness (QED) is 0.607. The first-order valence-corrected chi connectivity index (χ1v) is 3.42. The first-order valence-electron chi connectivity index (χ1n) is 2.89. The molecule has 1 heterocycles. The Morgan fingerprint density at radius 2 is 2.56 bits per heavy atom. The van der Waals surface area contributed by atoms with Crippen LogP contribution >= 0.6 is 11.6 Å². The summed E-state index contributed by atoms with van der Waals surface area (Å²) < 4.78 is 4.83. The van der Waals surface area contributed by atoms with Gasteiger partial charge in [-0.3, -0.25) is 0 Å². The standard InChI is InChI=1S/C6H8ClNO/c7-4-1-2-6-3-5-8-9-6/h3,5H,1-2,4H2. The number of hydrogen-bond acceptors (Lipinski definition) is 2. The van der Waals surface area contributed by atoms with Crippen molar-refractivity contribution in [2.45, 2.75) is 12.8 Å². The summed E-state index contributed by atoms with van der Waals surface area (Å²) in [6.45, 7) is 0. The van der Waals surface area contributed by atoms with E-state index in [0.717, 1.165) is 18.6 Å². The fourth-order valence-electron chi connectivity index (χ4n) is 0.612. The summed E-state index contributed by atoms with van der Waals surface area (Å²) in [6.07, 6.45) is 3.49. The van der Waals surface area contributed by atoms with Gasteiger partial charge in [0.25, 0.3) is 0 Å². The van der Waals surface area contributed by atoms with Gasteiger partial charge in [-0.1, -0.05) is 5.16 Å². The third-order valence-electron chi connectivity index (χ3n) is 1.05. The van der Waals surface area contributed by atoms with Gasteiger partial charge in [0, 0.05) is 18.4 Å². The Morgan fingerprint density at radius 3 is 3.11 bits per heavy atom. The predicted molar refractivity (Wildman–Crippen MR) is 35.5 cm³/mol. The Morgan fingerprint density at radius 1 is 1.67 bits per heavy atom. The van der Waals surface area contributed by atoms with Crippen LogP contribution in [0.5, 0.6) is 0 Å². The zero-order valence-corrected chi connectivity index (χ0v) is 5.77. The van der Waals surface area contributed by atoms with Crippen LogP contribution in [-0.4, -0.2) is 11.0 Å². The molecule has 0 aliphatic heterocycles. The minimum absolute atomic E-state index is 0.681. The maximum absolute atomic E-state index is 5.46. The number of aromatic nitrogens is 1. The van der Waals surface area contributed by atoms with E-state index in [1.165, 1.54) is 0 Å². The molecule has 0 spiro atoms. The van der Waals surface area contributed by atoms with Crippen LogP contribution in [0.1, 0.15) is 12.2 Å². The molecule has 0 saturated heterocycles. The Balaban J connectivity index is 2.30. The van der Waals surface area contributed by atoms with E-state index in [1.54, 1.807) is 6.20 Å². The van der Waals surface area contributed by atoms with Crippen molar-refractivity contribution >= 4 is 11.6 Å². The highest BCUT2D eigenvalue weighted by Gasteiger charge is 1.93. The van der Waals surface area contributed by atoms with Gasteiger partial charge in [0.15, 0.2) is 0 Å². The topological polar surface area (TPSA) is 26.0 Å². The molecule has 0 unspecified atom stereocenters. The van der Waals surface area contributed by atoms with E-state index in [2.05, 4.69) is 5.16 Å². The van der Waals surface area contributed by atoms with Crippen molar-refractivity contribution in [2.75, 3.05) is 5.88 Å². The van der Waals surface area contributed by atoms with E-state index in [9.17, 15) is 0 Å². The van der Waals surface area contributed by atoms with Gasteiger partial charge < -0.3 is 4.52 Å². The van der Waals surface area contributed by atoms with Crippen molar-refractivity contribution in [2.24, 2.45) is 0 Å². The van der Waals surface area contributed by atoms with Gasteiger partial charge in [0.1, 0.15) is 5.76 Å². The van der Waals surface area contributed by atoms with Crippen LogP contribution in [0.3, 0.4) is 0 Å². The molecule has 0 bridgehead atoms. The van der Waals surface area contributed by atoms with Crippen molar-refractivity contribution < 1.29 is 4.52 Å². The molecule has 1 aromatic rings. The zero-order chi connectivity index (χ0) is 6.53. The van der Waals surface area contributed by atoms with Gasteiger partial charge in [-0.2, -0.15) is 0 Å². The van der Waals surface area contributed by atoms with E-state index < -0.39 is 0 Å². The van der Waals surface area contributed by atoms with Gasteiger partial charge >= 0.3 is 0 Å². The van der Waals surface area contributed by atoms with Crippen LogP contribution in [0.25, 0.3) is 0 Å². The van der Waals surface area contributed by atoms with E-state index in [0.29, 0.717) is 5.88 Å². The minimum atomic E-state index is 0.681. The molecule has 2 nitrogen and oxygen atoms in total. The lowest BCUT2D eigenvalue weighted by Gasteiger charge is -1.87. The van der Waals surface area contributed by atoms with Crippen LogP contribution < -0.4 is 0 Å². The average Bonchev–Trinajstić information content (AvgIpc) is 2.34. The summed E-state index contributed by atoms with van der Waals surface area (Å²) in [4.78, 5) is 0. The number of halogens is 1. The van der Waals surface area contributed by atoms with Crippen molar-refractivity contribution in [3.63, 3.8) is 0 Å². The minimum Gasteiger partial charge on any atom is -0.361 e. The molecule has 3 heteroatoms. The van der Waals surface area contributed by atoms with Gasteiger partial charge in [-0.05, 0) is 6.42 Å². The summed E-state index contributed by atoms with van der Waals surface area (Å²) >= 11 is 5.46. The lowest BCUT2D eigenvalue weighted by Crippen LogP contribution is -1.81. The molecular weight excluding hydrogens is 138 g/mol. The molecule has 50 valence electrons. The lowest BCUT2D eigenvalue weighted by molar-refractivity contribution is 0.382. The summed E-state index contributed by atoms with van der Waals surface area (Å²) in [5, 5.41) is 3.56. The fourth-order valence-corrected chi connectivity index (χ4v) is 0.746. The molecule has 0 saturated carbocycles. The highest BCUT2D eigenvalue weighted by molar-refractivity contribution is 6.17. The Hall–Kier alpha value is -0.500. The van der Waals surface area contributed by atoms with Gasteiger partial charge in [0.05, 0.1) is 6.20 Å². The molecule has 0 radical (unpaired) electrons. The lowest BCUT2D eigenvalue weighted by atomic mass is 10.3. The number of aryl methyl sites for hydroxylation is 1. The molecule has 0 amide bonds. The van der Waals surface area contributed by atoms with E-state index in [4.69, 9.17) is 16.1 Å². The van der Waals surface area contributed by atoms with Crippen LogP contribution in [0, 0.1) is 0 Å². The molecular formula is C6H8ClNO. The maximum atomic E-state index is 5.46. The number of nitrogens with zero attached hydrogens (tertiary/aromatic N) is 1. The highest BCUT2D eigenvalue weighted by Crippen LogP contribution is 2.00. The summed E-state index contributed by atoms with van der Waals surface area (Å²) in [6, 6.07) is 1.85. The van der Waals surface area contributed by atoms with E-state index in [-0.39, 0.29) is 0 Å². The second-order valence-electron chi connectivity index (χ2n) is 1.77. The molecule has 0 atom stereocenters. The second kappa shape index (κ2) is 3.51. The summed E-state index contributed by atoms with van der Waals surface area (Å²) in [5.41, 5.74) is 0. The molecule has 1 rings (SSSR count). The summed E-state index contributed by atoms with van der Waals surface area (Å²) in [5.74, 6) is 1.59. The molecule has 0 aliphatic rings. The molecule has 1 aromatic heterocycles. The first-order chi connectivity index (χ1) is 4.43. The Labute approximate surface area is 58.8 Å². The molecule has 0 fully saturated rings. The number of rotatable bonds is 3. The molecule has 9 heavy (non-hydrogen) atoms. The largest absolute Gasteiger partial charge is 0.361 e. The van der Waals surface area contributed by atoms with Crippen molar-refractivity contribution in [3.05, 3.63) is 18.0 Å². The van der Waals surface area contributed by atoms with Crippen LogP contribution in [0.15, 0.2) is 16.8 Å². The van der Waals surface area contributed by atoms with Gasteiger partial charge in [-0.15, -0.1) is 11.6 Å². The van der Waals surface area contributed by atoms with Crippen molar-refractivity contribution in [1.82, 2.24) is 5.16 Å². The first kappa shape index (κ1) is 6.62. The Bertz CT molecular complexity index is 150. The van der Waals surface area contributed by atoms with Crippen molar-refractivity contribution in [3.8, 4) is 0 Å². The second-order valence-corrected chi connectivity index (χ2v) is 2.15. The third-order valence-corrected chi connectivity index (χ3v) is 1.32. The molecule has 0 aromatic carbocycles. The smallest absolute Gasteiger partial charge is 0.136 e. The monoisotopic (exact) mass is 145 g/mol. The predicted octanol–water partition coefficient (Wildman–Crippen LogP) is 1.85. The molecule has 0 aliphatic carbocycles. The molecule has 0 N–H and O–H groups in total. The highest BCUT2D eigenvalue weighted by atomic mass is 35.5. The third kappa shape index (κ3) is 2.06. The average molecular weight is 146 g/mol. The van der Waals surface area contributed by atoms with E-state index in [1.807, 2.05) is 6.07 Å². The normalized spacial score (nSPS) is 9.89. The Kier molecular flexibility index (Phi) is 2.58. The van der Waals surface area contributed by atoms with E-state index >= 15 is 0 Å². The number of alkyl halides is 1. The van der Waals surface area contributed by atoms with Crippen LogP contribution in [-0.2, 0) is 6.42 Å². The van der Waals surface area contributed by atoms with Crippen LogP contribution in [0.2, 0.25) is 0 Å². The van der Waals surface area contributed by atoms with Crippen LogP contribution in [0.4, 0.5) is 0 Å².